The Morgan fingerprint density at radius 1 is 1.16 bits per heavy atom. The highest BCUT2D eigenvalue weighted by atomic mass is 32.2. The number of hydrogen-bond acceptors (Lipinski definition) is 6. The summed E-state index contributed by atoms with van der Waals surface area (Å²) >= 11 is 1.15. The van der Waals surface area contributed by atoms with E-state index in [-0.39, 0.29) is 17.2 Å². The van der Waals surface area contributed by atoms with Crippen LogP contribution in [0.5, 0.6) is 11.5 Å². The summed E-state index contributed by atoms with van der Waals surface area (Å²) in [6, 6.07) is 8.97. The van der Waals surface area contributed by atoms with Gasteiger partial charge >= 0.3 is 0 Å². The van der Waals surface area contributed by atoms with Gasteiger partial charge in [-0.05, 0) is 68.3 Å². The molecule has 0 saturated carbocycles. The summed E-state index contributed by atoms with van der Waals surface area (Å²) in [5.74, 6) is 0.0980. The first-order chi connectivity index (χ1) is 17.9. The van der Waals surface area contributed by atoms with E-state index in [0.717, 1.165) is 16.7 Å². The molecule has 0 aliphatic heterocycles. The number of nitrogens with one attached hydrogen (secondary N) is 2. The van der Waals surface area contributed by atoms with Crippen LogP contribution >= 0.6 is 11.3 Å². The molecule has 1 amide bonds. The minimum absolute atomic E-state index is 0.238. The molecule has 0 spiro atoms. The van der Waals surface area contributed by atoms with Crippen LogP contribution in [0.2, 0.25) is 0 Å². The highest BCUT2D eigenvalue weighted by Gasteiger charge is 2.21. The standard InChI is InChI=1S/C27H26FN3O5S2/c1-6-29-26(32)23-13-20-25(37-23)21(14-31(5)27(20)33)19-12-18(30-38(34,35)7-2)8-9-22(19)36-24-15(3)10-17(28)11-16(24)4/h7-14,30H,2,6H2,1,3-5H3,(H,29,32). The zero-order valence-corrected chi connectivity index (χ0v) is 22.8. The van der Waals surface area contributed by atoms with Gasteiger partial charge in [-0.1, -0.05) is 6.58 Å². The number of halogens is 1. The van der Waals surface area contributed by atoms with Crippen LogP contribution in [-0.4, -0.2) is 25.4 Å². The van der Waals surface area contributed by atoms with Gasteiger partial charge in [0.15, 0.2) is 0 Å². The molecule has 0 aliphatic rings. The first-order valence-corrected chi connectivity index (χ1v) is 14.0. The number of thiophene rings is 1. The van der Waals surface area contributed by atoms with Crippen molar-refractivity contribution in [3.63, 3.8) is 0 Å². The molecule has 0 saturated heterocycles. The number of aryl methyl sites for hydroxylation is 3. The molecule has 0 radical (unpaired) electrons. The number of pyridine rings is 1. The molecule has 0 atom stereocenters. The number of sulfonamides is 1. The van der Waals surface area contributed by atoms with Crippen LogP contribution in [0.15, 0.2) is 59.4 Å². The number of carbonyl (C=O) groups is 1. The topological polar surface area (TPSA) is 106 Å². The summed E-state index contributed by atoms with van der Waals surface area (Å²) in [6.07, 6.45) is 1.61. The van der Waals surface area contributed by atoms with Crippen LogP contribution < -0.4 is 20.3 Å². The predicted molar refractivity (Wildman–Crippen MR) is 149 cm³/mol. The molecule has 4 rings (SSSR count). The van der Waals surface area contributed by atoms with Crippen molar-refractivity contribution in [1.29, 1.82) is 0 Å². The number of anilines is 1. The molecule has 2 heterocycles. The maximum atomic E-state index is 13.9. The molecule has 8 nitrogen and oxygen atoms in total. The number of carbonyl (C=O) groups excluding carboxylic acids is 1. The summed E-state index contributed by atoms with van der Waals surface area (Å²) in [5.41, 5.74) is 2.11. The zero-order valence-electron chi connectivity index (χ0n) is 21.2. The number of hydrogen-bond donors (Lipinski definition) is 2. The van der Waals surface area contributed by atoms with Gasteiger partial charge in [0.25, 0.3) is 21.5 Å². The third-order valence-electron chi connectivity index (χ3n) is 5.80. The van der Waals surface area contributed by atoms with Gasteiger partial charge in [-0.15, -0.1) is 11.3 Å². The van der Waals surface area contributed by atoms with Crippen molar-refractivity contribution in [3.05, 3.63) is 86.8 Å². The molecule has 2 N–H and O–H groups in total. The number of ether oxygens (including phenoxy) is 1. The summed E-state index contributed by atoms with van der Waals surface area (Å²) in [6.45, 7) is 9.00. The van der Waals surface area contributed by atoms with Crippen molar-refractivity contribution in [2.75, 3.05) is 11.3 Å². The third-order valence-corrected chi connectivity index (χ3v) is 7.92. The smallest absolute Gasteiger partial charge is 0.261 e. The number of rotatable bonds is 8. The van der Waals surface area contributed by atoms with E-state index in [9.17, 15) is 22.4 Å². The maximum absolute atomic E-state index is 13.9. The Balaban J connectivity index is 1.99. The van der Waals surface area contributed by atoms with E-state index in [1.54, 1.807) is 52.2 Å². The lowest BCUT2D eigenvalue weighted by molar-refractivity contribution is 0.0960. The molecule has 0 bridgehead atoms. The Hall–Kier alpha value is -3.96. The van der Waals surface area contributed by atoms with Crippen molar-refractivity contribution in [2.45, 2.75) is 20.8 Å². The molecular formula is C27H26FN3O5S2. The summed E-state index contributed by atoms with van der Waals surface area (Å²) in [7, 11) is -2.22. The van der Waals surface area contributed by atoms with Crippen LogP contribution in [0.4, 0.5) is 10.1 Å². The van der Waals surface area contributed by atoms with Gasteiger partial charge in [-0.3, -0.25) is 14.3 Å². The number of fused-ring (bicyclic) bond motifs is 1. The fraction of sp³-hybridized carbons (Fsp3) is 0.185. The van der Waals surface area contributed by atoms with Gasteiger partial charge in [-0.25, -0.2) is 12.8 Å². The molecule has 2 aromatic carbocycles. The second-order valence-electron chi connectivity index (χ2n) is 8.67. The minimum Gasteiger partial charge on any atom is -0.456 e. The highest BCUT2D eigenvalue weighted by molar-refractivity contribution is 7.95. The monoisotopic (exact) mass is 555 g/mol. The van der Waals surface area contributed by atoms with Crippen molar-refractivity contribution >= 4 is 43.0 Å². The van der Waals surface area contributed by atoms with E-state index in [1.165, 1.54) is 22.8 Å². The molecule has 0 fully saturated rings. The van der Waals surface area contributed by atoms with Crippen LogP contribution in [-0.2, 0) is 17.1 Å². The second kappa shape index (κ2) is 10.4. The van der Waals surface area contributed by atoms with Crippen molar-refractivity contribution in [1.82, 2.24) is 9.88 Å². The van der Waals surface area contributed by atoms with E-state index in [4.69, 9.17) is 4.74 Å². The third kappa shape index (κ3) is 5.34. The largest absolute Gasteiger partial charge is 0.456 e. The van der Waals surface area contributed by atoms with Crippen molar-refractivity contribution in [3.8, 4) is 22.6 Å². The first kappa shape index (κ1) is 27.1. The van der Waals surface area contributed by atoms with Gasteiger partial charge in [0.1, 0.15) is 17.3 Å². The SMILES string of the molecule is C=CS(=O)(=O)Nc1ccc(Oc2c(C)cc(F)cc2C)c(-c2cn(C)c(=O)c3cc(C(=O)NCC)sc23)c1. The number of benzene rings is 2. The van der Waals surface area contributed by atoms with E-state index in [0.29, 0.717) is 55.3 Å². The maximum Gasteiger partial charge on any atom is 0.261 e. The van der Waals surface area contributed by atoms with E-state index < -0.39 is 15.8 Å². The molecular weight excluding hydrogens is 529 g/mol. The number of amides is 1. The van der Waals surface area contributed by atoms with Gasteiger partial charge in [0, 0.05) is 42.0 Å². The Labute approximate surface area is 223 Å². The molecule has 38 heavy (non-hydrogen) atoms. The van der Waals surface area contributed by atoms with Gasteiger partial charge in [-0.2, -0.15) is 0 Å². The lowest BCUT2D eigenvalue weighted by Crippen LogP contribution is -2.21. The second-order valence-corrected chi connectivity index (χ2v) is 11.3. The molecule has 0 aliphatic carbocycles. The van der Waals surface area contributed by atoms with Crippen LogP contribution in [0.25, 0.3) is 21.2 Å². The number of nitrogens with zero attached hydrogens (tertiary/aromatic N) is 1. The van der Waals surface area contributed by atoms with Crippen LogP contribution in [0, 0.1) is 19.7 Å². The molecule has 4 aromatic rings. The van der Waals surface area contributed by atoms with Crippen LogP contribution in [0.3, 0.4) is 0 Å². The lowest BCUT2D eigenvalue weighted by Gasteiger charge is -2.17. The molecule has 198 valence electrons. The molecule has 2 aromatic heterocycles. The summed E-state index contributed by atoms with van der Waals surface area (Å²) in [5, 5.41) is 3.88. The molecule has 11 heteroatoms. The average molecular weight is 556 g/mol. The summed E-state index contributed by atoms with van der Waals surface area (Å²) < 4.78 is 48.9. The van der Waals surface area contributed by atoms with Crippen LogP contribution in [0.1, 0.15) is 27.7 Å². The first-order valence-electron chi connectivity index (χ1n) is 11.6. The minimum atomic E-state index is -3.81. The lowest BCUT2D eigenvalue weighted by atomic mass is 10.0. The normalized spacial score (nSPS) is 11.4. The Morgan fingerprint density at radius 3 is 2.47 bits per heavy atom. The average Bonchev–Trinajstić information content (AvgIpc) is 3.30. The summed E-state index contributed by atoms with van der Waals surface area (Å²) in [4.78, 5) is 25.9. The molecule has 0 unspecified atom stereocenters. The van der Waals surface area contributed by atoms with Gasteiger partial charge in [0.05, 0.1) is 15.0 Å². The van der Waals surface area contributed by atoms with Gasteiger partial charge in [0.2, 0.25) is 0 Å². The van der Waals surface area contributed by atoms with Crippen molar-refractivity contribution in [2.24, 2.45) is 7.05 Å². The predicted octanol–water partition coefficient (Wildman–Crippen LogP) is 5.45. The van der Waals surface area contributed by atoms with Gasteiger partial charge < -0.3 is 14.6 Å². The quantitative estimate of drug-likeness (QED) is 0.301. The van der Waals surface area contributed by atoms with Crippen molar-refractivity contribution < 1.29 is 22.3 Å². The Bertz CT molecular complexity index is 1730. The highest BCUT2D eigenvalue weighted by Crippen LogP contribution is 2.42. The Morgan fingerprint density at radius 2 is 1.84 bits per heavy atom. The van der Waals surface area contributed by atoms with E-state index >= 15 is 0 Å². The van der Waals surface area contributed by atoms with E-state index in [2.05, 4.69) is 16.6 Å². The fourth-order valence-corrected chi connectivity index (χ4v) is 5.70. The number of aromatic nitrogens is 1. The fourth-order valence-electron chi connectivity index (χ4n) is 4.07. The Kier molecular flexibility index (Phi) is 7.43. The zero-order chi connectivity index (χ0) is 27.8. The van der Waals surface area contributed by atoms with E-state index in [1.807, 2.05) is 0 Å².